The van der Waals surface area contributed by atoms with Crippen molar-refractivity contribution in [1.82, 2.24) is 0 Å². The minimum Gasteiger partial charge on any atom is -0.393 e. The molecule has 0 spiro atoms. The Bertz CT molecular complexity index is 671. The van der Waals surface area contributed by atoms with E-state index in [1.807, 2.05) is 0 Å². The zero-order valence-corrected chi connectivity index (χ0v) is 19.0. The third-order valence-electron chi connectivity index (χ3n) is 8.98. The topological polar surface area (TPSA) is 60.7 Å². The summed E-state index contributed by atoms with van der Waals surface area (Å²) in [6, 6.07) is 0. The number of allylic oxidation sites excluding steroid dienone is 3. The van der Waals surface area contributed by atoms with Crippen LogP contribution in [-0.2, 0) is 0 Å². The van der Waals surface area contributed by atoms with Crippen LogP contribution in [0.2, 0.25) is 0 Å². The Kier molecular flexibility index (Phi) is 6.82. The summed E-state index contributed by atoms with van der Waals surface area (Å²) in [5.74, 6) is 1.45. The van der Waals surface area contributed by atoms with Gasteiger partial charge in [-0.1, -0.05) is 52.0 Å². The van der Waals surface area contributed by atoms with Crippen LogP contribution in [0.25, 0.3) is 0 Å². The Morgan fingerprint density at radius 3 is 2.55 bits per heavy atom. The van der Waals surface area contributed by atoms with E-state index in [1.54, 1.807) is 0 Å². The van der Waals surface area contributed by atoms with Gasteiger partial charge in [-0.15, -0.1) is 0 Å². The normalized spacial score (nSPS) is 39.8. The first-order valence-corrected chi connectivity index (χ1v) is 11.8. The highest BCUT2D eigenvalue weighted by atomic mass is 16.3. The molecule has 3 N–H and O–H groups in total. The Labute approximate surface area is 177 Å². The molecule has 3 heteroatoms. The minimum absolute atomic E-state index is 0.253. The molecule has 29 heavy (non-hydrogen) atoms. The molecule has 0 aliphatic heterocycles. The molecular weight excluding hydrogens is 360 g/mol. The summed E-state index contributed by atoms with van der Waals surface area (Å²) in [7, 11) is 0. The van der Waals surface area contributed by atoms with E-state index >= 15 is 0 Å². The number of rotatable bonds is 5. The van der Waals surface area contributed by atoms with Gasteiger partial charge >= 0.3 is 0 Å². The van der Waals surface area contributed by atoms with Gasteiger partial charge in [-0.3, -0.25) is 0 Å². The molecule has 0 radical (unpaired) electrons. The van der Waals surface area contributed by atoms with Gasteiger partial charge in [0.1, 0.15) is 0 Å². The van der Waals surface area contributed by atoms with Crippen molar-refractivity contribution in [2.45, 2.75) is 103 Å². The molecule has 0 aromatic carbocycles. The van der Waals surface area contributed by atoms with Gasteiger partial charge in [0.05, 0.1) is 17.8 Å². The maximum atomic E-state index is 11.2. The fourth-order valence-corrected chi connectivity index (χ4v) is 6.83. The first-order chi connectivity index (χ1) is 13.7. The van der Waals surface area contributed by atoms with Crippen LogP contribution in [0.4, 0.5) is 0 Å². The van der Waals surface area contributed by atoms with E-state index in [4.69, 9.17) is 0 Å². The van der Waals surface area contributed by atoms with Gasteiger partial charge in [0.25, 0.3) is 0 Å². The molecule has 164 valence electrons. The van der Waals surface area contributed by atoms with Gasteiger partial charge in [0.2, 0.25) is 0 Å². The SMILES string of the molecule is C=C1/C(=C\C=C2/CCC[C@]3(C)[C@@H]([C@H](C)C(O)(CC)CC)CC[C@@H]23)C[C@@H](O)C[C@@H]1O. The van der Waals surface area contributed by atoms with E-state index in [2.05, 4.69) is 46.4 Å². The van der Waals surface area contributed by atoms with Crippen LogP contribution in [-0.4, -0.2) is 33.1 Å². The van der Waals surface area contributed by atoms with Gasteiger partial charge in [0, 0.05) is 6.42 Å². The van der Waals surface area contributed by atoms with Crippen molar-refractivity contribution >= 4 is 0 Å². The van der Waals surface area contributed by atoms with Gasteiger partial charge in [-0.25, -0.2) is 0 Å². The first kappa shape index (κ1) is 22.8. The summed E-state index contributed by atoms with van der Waals surface area (Å²) < 4.78 is 0. The van der Waals surface area contributed by atoms with E-state index in [-0.39, 0.29) is 5.41 Å². The van der Waals surface area contributed by atoms with Crippen LogP contribution < -0.4 is 0 Å². The van der Waals surface area contributed by atoms with E-state index in [9.17, 15) is 15.3 Å². The third kappa shape index (κ3) is 4.16. The lowest BCUT2D eigenvalue weighted by Gasteiger charge is -2.48. The molecule has 0 heterocycles. The van der Waals surface area contributed by atoms with Crippen molar-refractivity contribution in [1.29, 1.82) is 0 Å². The quantitative estimate of drug-likeness (QED) is 0.584. The molecule has 0 amide bonds. The lowest BCUT2D eigenvalue weighted by Crippen LogP contribution is -2.45. The highest BCUT2D eigenvalue weighted by Crippen LogP contribution is 2.61. The van der Waals surface area contributed by atoms with Crippen molar-refractivity contribution < 1.29 is 15.3 Å². The van der Waals surface area contributed by atoms with Crippen LogP contribution in [0.15, 0.2) is 35.5 Å². The maximum Gasteiger partial charge on any atom is 0.0811 e. The van der Waals surface area contributed by atoms with Crippen LogP contribution >= 0.6 is 0 Å². The number of fused-ring (bicyclic) bond motifs is 1. The smallest absolute Gasteiger partial charge is 0.0811 e. The van der Waals surface area contributed by atoms with E-state index in [0.29, 0.717) is 30.6 Å². The van der Waals surface area contributed by atoms with E-state index in [1.165, 1.54) is 31.3 Å². The standard InChI is InChI=1S/C26H42O3/c1-6-26(29,7-2)18(4)22-12-13-23-19(9-8-14-25(22,23)5)10-11-20-15-21(27)16-24(28)17(20)3/h10-11,18,21-24,27-29H,3,6-9,12-16H2,1-2,4-5H3/b19-10+,20-11-/t18-,21+,22+,23-,24-,25+/m0/s1. The Morgan fingerprint density at radius 1 is 1.21 bits per heavy atom. The van der Waals surface area contributed by atoms with Crippen molar-refractivity contribution in [2.24, 2.45) is 23.2 Å². The Hall–Kier alpha value is -0.900. The molecule has 3 saturated carbocycles. The first-order valence-electron chi connectivity index (χ1n) is 11.8. The molecule has 0 unspecified atom stereocenters. The summed E-state index contributed by atoms with van der Waals surface area (Å²) in [5.41, 5.74) is 2.96. The van der Waals surface area contributed by atoms with E-state index < -0.39 is 17.8 Å². The molecule has 3 rings (SSSR count). The highest BCUT2D eigenvalue weighted by molar-refractivity contribution is 5.38. The number of hydrogen-bond acceptors (Lipinski definition) is 3. The monoisotopic (exact) mass is 402 g/mol. The molecule has 6 atom stereocenters. The zero-order valence-electron chi connectivity index (χ0n) is 19.0. The van der Waals surface area contributed by atoms with Crippen LogP contribution in [0.5, 0.6) is 0 Å². The van der Waals surface area contributed by atoms with Gasteiger partial charge in [0.15, 0.2) is 0 Å². The fourth-order valence-electron chi connectivity index (χ4n) is 6.83. The molecule has 0 saturated heterocycles. The fraction of sp³-hybridized carbons (Fsp3) is 0.769. The second-order valence-electron chi connectivity index (χ2n) is 10.3. The van der Waals surface area contributed by atoms with Crippen molar-refractivity contribution in [2.75, 3.05) is 0 Å². The number of aliphatic hydroxyl groups is 3. The second kappa shape index (κ2) is 8.69. The van der Waals surface area contributed by atoms with Crippen LogP contribution in [0, 0.1) is 23.2 Å². The molecule has 0 aromatic rings. The predicted molar refractivity (Wildman–Crippen MR) is 119 cm³/mol. The molecule has 0 aromatic heterocycles. The average Bonchev–Trinajstić information content (AvgIpc) is 3.05. The van der Waals surface area contributed by atoms with Crippen LogP contribution in [0.1, 0.15) is 85.5 Å². The molecule has 3 aliphatic carbocycles. The highest BCUT2D eigenvalue weighted by Gasteiger charge is 2.53. The number of aliphatic hydroxyl groups excluding tert-OH is 2. The Morgan fingerprint density at radius 2 is 1.90 bits per heavy atom. The second-order valence-corrected chi connectivity index (χ2v) is 10.3. The lowest BCUT2D eigenvalue weighted by molar-refractivity contribution is -0.0679. The summed E-state index contributed by atoms with van der Waals surface area (Å²) in [4.78, 5) is 0. The molecule has 0 bridgehead atoms. The van der Waals surface area contributed by atoms with Crippen LogP contribution in [0.3, 0.4) is 0 Å². The summed E-state index contributed by atoms with van der Waals surface area (Å²) in [6.07, 6.45) is 11.9. The minimum atomic E-state index is -0.627. The molecule has 3 nitrogen and oxygen atoms in total. The van der Waals surface area contributed by atoms with Gasteiger partial charge in [-0.2, -0.15) is 0 Å². The predicted octanol–water partition coefficient (Wildman–Crippen LogP) is 5.31. The lowest BCUT2D eigenvalue weighted by atomic mass is 9.58. The summed E-state index contributed by atoms with van der Waals surface area (Å²) >= 11 is 0. The Balaban J connectivity index is 1.84. The summed E-state index contributed by atoms with van der Waals surface area (Å²) in [6.45, 7) is 13.0. The average molecular weight is 403 g/mol. The van der Waals surface area contributed by atoms with Crippen molar-refractivity contribution in [3.05, 3.63) is 35.5 Å². The third-order valence-corrected chi connectivity index (χ3v) is 8.98. The van der Waals surface area contributed by atoms with Crippen molar-refractivity contribution in [3.63, 3.8) is 0 Å². The van der Waals surface area contributed by atoms with Gasteiger partial charge in [-0.05, 0) is 85.7 Å². The number of hydrogen-bond donors (Lipinski definition) is 3. The van der Waals surface area contributed by atoms with Crippen molar-refractivity contribution in [3.8, 4) is 0 Å². The van der Waals surface area contributed by atoms with E-state index in [0.717, 1.165) is 30.4 Å². The molecule has 3 fully saturated rings. The largest absolute Gasteiger partial charge is 0.393 e. The van der Waals surface area contributed by atoms with Gasteiger partial charge < -0.3 is 15.3 Å². The molecule has 3 aliphatic rings. The zero-order chi connectivity index (χ0) is 21.4. The maximum absolute atomic E-state index is 11.2. The molecular formula is C26H42O3. The summed E-state index contributed by atoms with van der Waals surface area (Å²) in [5, 5.41) is 31.3.